The van der Waals surface area contributed by atoms with E-state index in [0.29, 0.717) is 5.69 Å². The minimum atomic E-state index is -0.390. The molecule has 0 fully saturated rings. The fourth-order valence-electron chi connectivity index (χ4n) is 1.78. The van der Waals surface area contributed by atoms with Gasteiger partial charge >= 0.3 is 5.97 Å². The second kappa shape index (κ2) is 4.90. The average molecular weight is 261 g/mol. The highest BCUT2D eigenvalue weighted by Crippen LogP contribution is 2.29. The maximum absolute atomic E-state index is 11.4. The molecule has 1 aromatic carbocycles. The van der Waals surface area contributed by atoms with Gasteiger partial charge in [-0.25, -0.2) is 9.78 Å². The van der Waals surface area contributed by atoms with Gasteiger partial charge in [-0.15, -0.1) is 11.3 Å². The average Bonchev–Trinajstić information content (AvgIpc) is 2.84. The molecule has 0 N–H and O–H groups in total. The van der Waals surface area contributed by atoms with Crippen LogP contribution in [0, 0.1) is 20.8 Å². The third-order valence-corrected chi connectivity index (χ3v) is 4.06. The van der Waals surface area contributed by atoms with Crippen LogP contribution in [0.3, 0.4) is 0 Å². The van der Waals surface area contributed by atoms with Gasteiger partial charge in [-0.2, -0.15) is 0 Å². The number of hydrogen-bond donors (Lipinski definition) is 0. The first-order valence-electron chi connectivity index (χ1n) is 5.65. The molecule has 0 amide bonds. The molecule has 0 aliphatic heterocycles. The summed E-state index contributed by atoms with van der Waals surface area (Å²) in [7, 11) is 1.36. The number of esters is 1. The predicted molar refractivity (Wildman–Crippen MR) is 73.1 cm³/mol. The lowest BCUT2D eigenvalue weighted by Crippen LogP contribution is -2.01. The van der Waals surface area contributed by atoms with Crippen molar-refractivity contribution in [1.29, 1.82) is 0 Å². The Morgan fingerprint density at radius 1 is 1.22 bits per heavy atom. The normalized spacial score (nSPS) is 10.4. The summed E-state index contributed by atoms with van der Waals surface area (Å²) in [6, 6.07) is 4.13. The maximum atomic E-state index is 11.4. The lowest BCUT2D eigenvalue weighted by Gasteiger charge is -2.08. The van der Waals surface area contributed by atoms with Crippen LogP contribution in [0.15, 0.2) is 17.5 Å². The Kier molecular flexibility index (Phi) is 3.48. The van der Waals surface area contributed by atoms with E-state index in [1.165, 1.54) is 35.1 Å². The molecular weight excluding hydrogens is 246 g/mol. The van der Waals surface area contributed by atoms with Gasteiger partial charge in [0.25, 0.3) is 0 Å². The first-order chi connectivity index (χ1) is 8.54. The number of hydrogen-bond acceptors (Lipinski definition) is 4. The number of aromatic nitrogens is 1. The van der Waals surface area contributed by atoms with Crippen LogP contribution in [-0.2, 0) is 4.74 Å². The summed E-state index contributed by atoms with van der Waals surface area (Å²) in [5.41, 5.74) is 5.19. The van der Waals surface area contributed by atoms with Crippen molar-refractivity contribution in [3.8, 4) is 10.6 Å². The van der Waals surface area contributed by atoms with Crippen LogP contribution in [0.5, 0.6) is 0 Å². The molecule has 18 heavy (non-hydrogen) atoms. The Morgan fingerprint density at radius 3 is 2.61 bits per heavy atom. The zero-order valence-corrected chi connectivity index (χ0v) is 11.7. The van der Waals surface area contributed by atoms with Gasteiger partial charge in [0.15, 0.2) is 5.69 Å². The standard InChI is InChI=1S/C14H15NO2S/c1-8-5-6-11(10(3)9(8)2)13-15-12(7-18-13)14(16)17-4/h5-7H,1-4H3. The van der Waals surface area contributed by atoms with Crippen LogP contribution in [0.1, 0.15) is 27.2 Å². The minimum absolute atomic E-state index is 0.370. The Labute approximate surface area is 110 Å². The molecule has 2 aromatic rings. The Morgan fingerprint density at radius 2 is 1.94 bits per heavy atom. The van der Waals surface area contributed by atoms with Gasteiger partial charge in [0.1, 0.15) is 5.01 Å². The van der Waals surface area contributed by atoms with E-state index in [2.05, 4.69) is 42.6 Å². The number of ether oxygens (including phenoxy) is 1. The van der Waals surface area contributed by atoms with E-state index in [9.17, 15) is 4.79 Å². The molecule has 3 nitrogen and oxygen atoms in total. The molecule has 0 aliphatic carbocycles. The first kappa shape index (κ1) is 12.8. The summed E-state index contributed by atoms with van der Waals surface area (Å²) in [5.74, 6) is -0.390. The second-order valence-electron chi connectivity index (χ2n) is 4.21. The Hall–Kier alpha value is -1.68. The van der Waals surface area contributed by atoms with E-state index in [0.717, 1.165) is 10.6 Å². The molecule has 1 heterocycles. The third-order valence-electron chi connectivity index (χ3n) is 3.19. The van der Waals surface area contributed by atoms with Gasteiger partial charge in [-0.1, -0.05) is 12.1 Å². The fourth-order valence-corrected chi connectivity index (χ4v) is 2.65. The molecular formula is C14H15NO2S. The highest BCUT2D eigenvalue weighted by molar-refractivity contribution is 7.13. The van der Waals surface area contributed by atoms with Crippen molar-refractivity contribution >= 4 is 17.3 Å². The minimum Gasteiger partial charge on any atom is -0.464 e. The zero-order chi connectivity index (χ0) is 13.3. The van der Waals surface area contributed by atoms with Crippen LogP contribution in [0.25, 0.3) is 10.6 Å². The first-order valence-corrected chi connectivity index (χ1v) is 6.53. The smallest absolute Gasteiger partial charge is 0.357 e. The number of carbonyl (C=O) groups is 1. The van der Waals surface area contributed by atoms with E-state index in [4.69, 9.17) is 0 Å². The van der Waals surface area contributed by atoms with Gasteiger partial charge in [0.05, 0.1) is 7.11 Å². The van der Waals surface area contributed by atoms with E-state index in [-0.39, 0.29) is 5.97 Å². The van der Waals surface area contributed by atoms with Crippen molar-refractivity contribution in [3.05, 3.63) is 39.9 Å². The van der Waals surface area contributed by atoms with Crippen LogP contribution >= 0.6 is 11.3 Å². The number of thiazole rings is 1. The number of rotatable bonds is 2. The monoisotopic (exact) mass is 261 g/mol. The summed E-state index contributed by atoms with van der Waals surface area (Å²) >= 11 is 1.46. The Balaban J connectivity index is 2.47. The van der Waals surface area contributed by atoms with Crippen molar-refractivity contribution in [2.75, 3.05) is 7.11 Å². The molecule has 4 heteroatoms. The largest absolute Gasteiger partial charge is 0.464 e. The van der Waals surface area contributed by atoms with Gasteiger partial charge in [0, 0.05) is 10.9 Å². The predicted octanol–water partition coefficient (Wildman–Crippen LogP) is 3.52. The third kappa shape index (κ3) is 2.16. The number of aryl methyl sites for hydroxylation is 1. The lowest BCUT2D eigenvalue weighted by molar-refractivity contribution is 0.0595. The number of carbonyl (C=O) groups excluding carboxylic acids is 1. The van der Waals surface area contributed by atoms with Gasteiger partial charge in [-0.05, 0) is 37.5 Å². The van der Waals surface area contributed by atoms with Gasteiger partial charge in [-0.3, -0.25) is 0 Å². The zero-order valence-electron chi connectivity index (χ0n) is 10.9. The lowest BCUT2D eigenvalue weighted by atomic mass is 9.99. The number of benzene rings is 1. The van der Waals surface area contributed by atoms with Crippen LogP contribution < -0.4 is 0 Å². The van der Waals surface area contributed by atoms with Gasteiger partial charge in [0.2, 0.25) is 0 Å². The highest BCUT2D eigenvalue weighted by Gasteiger charge is 2.14. The molecule has 0 saturated heterocycles. The highest BCUT2D eigenvalue weighted by atomic mass is 32.1. The molecule has 2 rings (SSSR count). The molecule has 0 atom stereocenters. The van der Waals surface area contributed by atoms with Crippen molar-refractivity contribution in [2.24, 2.45) is 0 Å². The summed E-state index contributed by atoms with van der Waals surface area (Å²) in [5, 5.41) is 2.59. The van der Waals surface area contributed by atoms with Crippen LogP contribution in [0.4, 0.5) is 0 Å². The quantitative estimate of drug-likeness (QED) is 0.776. The van der Waals surface area contributed by atoms with E-state index in [1.54, 1.807) is 5.38 Å². The van der Waals surface area contributed by atoms with Crippen molar-refractivity contribution in [2.45, 2.75) is 20.8 Å². The topological polar surface area (TPSA) is 39.2 Å². The van der Waals surface area contributed by atoms with E-state index in [1.807, 2.05) is 0 Å². The molecule has 0 saturated carbocycles. The molecule has 0 spiro atoms. The molecule has 0 radical (unpaired) electrons. The summed E-state index contributed by atoms with van der Waals surface area (Å²) in [6.07, 6.45) is 0. The number of methoxy groups -OCH3 is 1. The molecule has 1 aromatic heterocycles. The summed E-state index contributed by atoms with van der Waals surface area (Å²) in [6.45, 7) is 6.27. The fraction of sp³-hybridized carbons (Fsp3) is 0.286. The SMILES string of the molecule is COC(=O)c1csc(-c2ccc(C)c(C)c2C)n1. The van der Waals surface area contributed by atoms with Crippen LogP contribution in [-0.4, -0.2) is 18.1 Å². The maximum Gasteiger partial charge on any atom is 0.357 e. The van der Waals surface area contributed by atoms with Crippen molar-refractivity contribution in [1.82, 2.24) is 4.98 Å². The van der Waals surface area contributed by atoms with Crippen LogP contribution in [0.2, 0.25) is 0 Å². The van der Waals surface area contributed by atoms with Gasteiger partial charge < -0.3 is 4.74 Å². The van der Waals surface area contributed by atoms with E-state index >= 15 is 0 Å². The number of nitrogens with zero attached hydrogens (tertiary/aromatic N) is 1. The molecule has 0 bridgehead atoms. The molecule has 0 unspecified atom stereocenters. The summed E-state index contributed by atoms with van der Waals surface area (Å²) < 4.78 is 4.66. The van der Waals surface area contributed by atoms with Crippen molar-refractivity contribution in [3.63, 3.8) is 0 Å². The van der Waals surface area contributed by atoms with E-state index < -0.39 is 0 Å². The second-order valence-corrected chi connectivity index (χ2v) is 5.07. The summed E-state index contributed by atoms with van der Waals surface area (Å²) in [4.78, 5) is 15.7. The van der Waals surface area contributed by atoms with Crippen molar-refractivity contribution < 1.29 is 9.53 Å². The molecule has 94 valence electrons. The Bertz CT molecular complexity index is 602. The molecule has 0 aliphatic rings.